The van der Waals surface area contributed by atoms with E-state index in [-0.39, 0.29) is 0 Å². The number of pyridine rings is 1. The Hall–Kier alpha value is -1.93. The van der Waals surface area contributed by atoms with Gasteiger partial charge in [-0.05, 0) is 54.3 Å². The number of aromatic nitrogens is 1. The fourth-order valence-electron chi connectivity index (χ4n) is 1.86. The molecule has 19 heavy (non-hydrogen) atoms. The maximum absolute atomic E-state index is 10.7. The highest BCUT2D eigenvalue weighted by atomic mass is 35.5. The standard InChI is InChI=1S/C16H14ClNO/c17-15-8-5-13(6-9-15)4-7-14(10-12-19)16-3-1-2-11-18-16/h1-3,5-6,8-12H,4,7H2/b14-10+. The van der Waals surface area contributed by atoms with E-state index in [9.17, 15) is 4.79 Å². The molecular weight excluding hydrogens is 258 g/mol. The highest BCUT2D eigenvalue weighted by molar-refractivity contribution is 6.30. The highest BCUT2D eigenvalue weighted by Crippen LogP contribution is 2.19. The summed E-state index contributed by atoms with van der Waals surface area (Å²) in [5, 5.41) is 0.733. The normalized spacial score (nSPS) is 11.3. The second kappa shape index (κ2) is 6.86. The number of hydrogen-bond donors (Lipinski definition) is 0. The first-order valence-corrected chi connectivity index (χ1v) is 6.47. The first-order valence-electron chi connectivity index (χ1n) is 6.10. The van der Waals surface area contributed by atoms with Crippen molar-refractivity contribution in [3.63, 3.8) is 0 Å². The second-order valence-electron chi connectivity index (χ2n) is 4.17. The Kier molecular flexibility index (Phi) is 4.87. The molecule has 3 heteroatoms. The van der Waals surface area contributed by atoms with Crippen LogP contribution in [0.25, 0.3) is 5.57 Å². The minimum Gasteiger partial charge on any atom is -0.299 e. The molecule has 0 aliphatic heterocycles. The molecule has 0 atom stereocenters. The molecule has 2 aromatic rings. The molecule has 0 bridgehead atoms. The molecule has 1 aromatic heterocycles. The second-order valence-corrected chi connectivity index (χ2v) is 4.61. The molecule has 0 unspecified atom stereocenters. The molecule has 2 nitrogen and oxygen atoms in total. The lowest BCUT2D eigenvalue weighted by Crippen LogP contribution is -1.93. The van der Waals surface area contributed by atoms with Crippen molar-refractivity contribution < 1.29 is 4.79 Å². The minimum atomic E-state index is 0.733. The van der Waals surface area contributed by atoms with E-state index < -0.39 is 0 Å². The molecule has 0 saturated carbocycles. The SMILES string of the molecule is O=C/C=C(\CCc1ccc(Cl)cc1)c1ccccn1. The smallest absolute Gasteiger partial charge is 0.143 e. The number of allylic oxidation sites excluding steroid dienone is 2. The summed E-state index contributed by atoms with van der Waals surface area (Å²) in [6.45, 7) is 0. The van der Waals surface area contributed by atoms with E-state index >= 15 is 0 Å². The van der Waals surface area contributed by atoms with E-state index in [2.05, 4.69) is 4.98 Å². The van der Waals surface area contributed by atoms with Crippen LogP contribution in [0, 0.1) is 0 Å². The summed E-state index contributed by atoms with van der Waals surface area (Å²) in [5.41, 5.74) is 2.99. The zero-order valence-electron chi connectivity index (χ0n) is 10.4. The van der Waals surface area contributed by atoms with Gasteiger partial charge in [-0.1, -0.05) is 29.8 Å². The fraction of sp³-hybridized carbons (Fsp3) is 0.125. The summed E-state index contributed by atoms with van der Waals surface area (Å²) in [4.78, 5) is 15.0. The van der Waals surface area contributed by atoms with E-state index in [0.717, 1.165) is 35.4 Å². The van der Waals surface area contributed by atoms with Crippen LogP contribution in [0.4, 0.5) is 0 Å². The van der Waals surface area contributed by atoms with Crippen molar-refractivity contribution in [3.8, 4) is 0 Å². The molecule has 1 aromatic carbocycles. The van der Waals surface area contributed by atoms with Gasteiger partial charge < -0.3 is 0 Å². The molecule has 0 amide bonds. The van der Waals surface area contributed by atoms with Crippen molar-refractivity contribution in [1.29, 1.82) is 0 Å². The molecule has 0 aliphatic carbocycles. The summed E-state index contributed by atoms with van der Waals surface area (Å²) in [6, 6.07) is 13.4. The lowest BCUT2D eigenvalue weighted by molar-refractivity contribution is -0.104. The van der Waals surface area contributed by atoms with E-state index in [1.54, 1.807) is 12.3 Å². The van der Waals surface area contributed by atoms with Crippen LogP contribution in [0.2, 0.25) is 5.02 Å². The fourth-order valence-corrected chi connectivity index (χ4v) is 1.99. The molecule has 0 radical (unpaired) electrons. The Morgan fingerprint density at radius 3 is 2.58 bits per heavy atom. The predicted molar refractivity (Wildman–Crippen MR) is 78.1 cm³/mol. The maximum atomic E-state index is 10.7. The van der Waals surface area contributed by atoms with E-state index in [1.807, 2.05) is 42.5 Å². The van der Waals surface area contributed by atoms with Crippen LogP contribution < -0.4 is 0 Å². The number of carbonyl (C=O) groups is 1. The molecule has 96 valence electrons. The van der Waals surface area contributed by atoms with Crippen LogP contribution in [-0.4, -0.2) is 11.3 Å². The molecule has 1 heterocycles. The van der Waals surface area contributed by atoms with E-state index in [1.165, 1.54) is 5.56 Å². The number of nitrogens with zero attached hydrogens (tertiary/aromatic N) is 1. The van der Waals surface area contributed by atoms with Gasteiger partial charge in [0, 0.05) is 11.2 Å². The highest BCUT2D eigenvalue weighted by Gasteiger charge is 2.03. The Bertz CT molecular complexity index is 561. The summed E-state index contributed by atoms with van der Waals surface area (Å²) < 4.78 is 0. The van der Waals surface area contributed by atoms with Crippen molar-refractivity contribution in [2.75, 3.05) is 0 Å². The van der Waals surface area contributed by atoms with Crippen molar-refractivity contribution in [1.82, 2.24) is 4.98 Å². The first kappa shape index (κ1) is 13.5. The monoisotopic (exact) mass is 271 g/mol. The summed E-state index contributed by atoms with van der Waals surface area (Å²) in [6.07, 6.45) is 5.76. The molecular formula is C16H14ClNO. The number of halogens is 1. The number of aldehydes is 1. The van der Waals surface area contributed by atoms with Gasteiger partial charge in [0.1, 0.15) is 6.29 Å². The van der Waals surface area contributed by atoms with Crippen molar-refractivity contribution in [2.45, 2.75) is 12.8 Å². The van der Waals surface area contributed by atoms with E-state index in [0.29, 0.717) is 0 Å². The molecule has 2 rings (SSSR count). The maximum Gasteiger partial charge on any atom is 0.143 e. The van der Waals surface area contributed by atoms with Gasteiger partial charge in [0.2, 0.25) is 0 Å². The quantitative estimate of drug-likeness (QED) is 0.609. The van der Waals surface area contributed by atoms with E-state index in [4.69, 9.17) is 11.6 Å². The van der Waals surface area contributed by atoms with Gasteiger partial charge in [0.05, 0.1) is 5.69 Å². The Morgan fingerprint density at radius 2 is 1.95 bits per heavy atom. The molecule has 0 saturated heterocycles. The number of benzene rings is 1. The predicted octanol–water partition coefficient (Wildman–Crippen LogP) is 3.95. The van der Waals surface area contributed by atoms with Gasteiger partial charge in [-0.15, -0.1) is 0 Å². The van der Waals surface area contributed by atoms with Crippen LogP contribution in [0.1, 0.15) is 17.7 Å². The zero-order valence-corrected chi connectivity index (χ0v) is 11.2. The van der Waals surface area contributed by atoms with Crippen LogP contribution in [0.5, 0.6) is 0 Å². The summed E-state index contributed by atoms with van der Waals surface area (Å²) in [5.74, 6) is 0. The third-order valence-electron chi connectivity index (χ3n) is 2.86. The van der Waals surface area contributed by atoms with Gasteiger partial charge >= 0.3 is 0 Å². The van der Waals surface area contributed by atoms with Crippen molar-refractivity contribution in [2.24, 2.45) is 0 Å². The number of carbonyl (C=O) groups excluding carboxylic acids is 1. The lowest BCUT2D eigenvalue weighted by atomic mass is 10.0. The third-order valence-corrected chi connectivity index (χ3v) is 3.11. The van der Waals surface area contributed by atoms with Crippen LogP contribution in [-0.2, 0) is 11.2 Å². The van der Waals surface area contributed by atoms with Gasteiger partial charge in [0.25, 0.3) is 0 Å². The van der Waals surface area contributed by atoms with Gasteiger partial charge in [0.15, 0.2) is 0 Å². The molecule has 0 aliphatic rings. The Morgan fingerprint density at radius 1 is 1.16 bits per heavy atom. The van der Waals surface area contributed by atoms with Gasteiger partial charge in [-0.2, -0.15) is 0 Å². The summed E-state index contributed by atoms with van der Waals surface area (Å²) >= 11 is 5.85. The number of aryl methyl sites for hydroxylation is 1. The third kappa shape index (κ3) is 4.04. The topological polar surface area (TPSA) is 30.0 Å². The van der Waals surface area contributed by atoms with Crippen LogP contribution >= 0.6 is 11.6 Å². The Balaban J connectivity index is 2.08. The first-order chi connectivity index (χ1) is 9.29. The average molecular weight is 272 g/mol. The van der Waals surface area contributed by atoms with Crippen LogP contribution in [0.3, 0.4) is 0 Å². The molecule has 0 fully saturated rings. The average Bonchev–Trinajstić information content (AvgIpc) is 2.46. The number of rotatable bonds is 5. The zero-order chi connectivity index (χ0) is 13.5. The van der Waals surface area contributed by atoms with Gasteiger partial charge in [-0.25, -0.2) is 0 Å². The van der Waals surface area contributed by atoms with Gasteiger partial charge in [-0.3, -0.25) is 9.78 Å². The van der Waals surface area contributed by atoms with Crippen molar-refractivity contribution >= 4 is 23.5 Å². The molecule has 0 spiro atoms. The minimum absolute atomic E-state index is 0.733. The summed E-state index contributed by atoms with van der Waals surface area (Å²) in [7, 11) is 0. The molecule has 0 N–H and O–H groups in total. The van der Waals surface area contributed by atoms with Crippen molar-refractivity contribution in [3.05, 3.63) is 71.0 Å². The Labute approximate surface area is 117 Å². The largest absolute Gasteiger partial charge is 0.299 e. The number of hydrogen-bond acceptors (Lipinski definition) is 2. The van der Waals surface area contributed by atoms with Crippen LogP contribution in [0.15, 0.2) is 54.7 Å². The lowest BCUT2D eigenvalue weighted by Gasteiger charge is -2.06.